The van der Waals surface area contributed by atoms with Crippen molar-refractivity contribution in [3.63, 3.8) is 0 Å². The third kappa shape index (κ3) is 3.16. The zero-order chi connectivity index (χ0) is 14.7. The smallest absolute Gasteiger partial charge is 0.200 e. The predicted octanol–water partition coefficient (Wildman–Crippen LogP) is 1.80. The van der Waals surface area contributed by atoms with Crippen LogP contribution in [0.25, 0.3) is 0 Å². The van der Waals surface area contributed by atoms with E-state index in [1.165, 1.54) is 6.07 Å². The van der Waals surface area contributed by atoms with Gasteiger partial charge in [-0.05, 0) is 24.5 Å². The molecule has 0 unspecified atom stereocenters. The lowest BCUT2D eigenvalue weighted by Crippen LogP contribution is -2.45. The Hall–Kier alpha value is -1.46. The Bertz CT molecular complexity index is 457. The van der Waals surface area contributed by atoms with Gasteiger partial charge in [-0.1, -0.05) is 13.8 Å². The monoisotopic (exact) mass is 280 g/mol. The van der Waals surface area contributed by atoms with E-state index in [0.717, 1.165) is 32.6 Å². The summed E-state index contributed by atoms with van der Waals surface area (Å²) in [6, 6.07) is 3.21. The minimum absolute atomic E-state index is 0.0589. The van der Waals surface area contributed by atoms with Gasteiger partial charge in [0.2, 0.25) is 5.75 Å². The highest BCUT2D eigenvalue weighted by Crippen LogP contribution is 2.42. The summed E-state index contributed by atoms with van der Waals surface area (Å²) in [6.45, 7) is 7.98. The van der Waals surface area contributed by atoms with E-state index in [-0.39, 0.29) is 17.5 Å². The van der Waals surface area contributed by atoms with Crippen LogP contribution in [-0.2, 0) is 0 Å². The number of phenols is 3. The highest BCUT2D eigenvalue weighted by Gasteiger charge is 2.27. The second-order valence-corrected chi connectivity index (χ2v) is 5.80. The fraction of sp³-hybridized carbons (Fsp3) is 0.600. The van der Waals surface area contributed by atoms with Gasteiger partial charge >= 0.3 is 0 Å². The van der Waals surface area contributed by atoms with Crippen LogP contribution >= 0.6 is 0 Å². The van der Waals surface area contributed by atoms with Gasteiger partial charge in [-0.2, -0.15) is 0 Å². The van der Waals surface area contributed by atoms with Crippen LogP contribution in [-0.4, -0.2) is 46.4 Å². The summed E-state index contributed by atoms with van der Waals surface area (Å²) in [4.78, 5) is 2.32. The first-order valence-corrected chi connectivity index (χ1v) is 7.19. The number of benzene rings is 1. The molecule has 0 bridgehead atoms. The van der Waals surface area contributed by atoms with Gasteiger partial charge in [0.1, 0.15) is 0 Å². The van der Waals surface area contributed by atoms with Crippen LogP contribution in [0, 0.1) is 5.92 Å². The van der Waals surface area contributed by atoms with Crippen molar-refractivity contribution in [1.82, 2.24) is 10.2 Å². The number of hydrogen-bond acceptors (Lipinski definition) is 5. The number of rotatable bonds is 4. The van der Waals surface area contributed by atoms with E-state index in [4.69, 9.17) is 0 Å². The molecule has 0 aromatic heterocycles. The third-order valence-electron chi connectivity index (χ3n) is 3.81. The summed E-state index contributed by atoms with van der Waals surface area (Å²) in [5.74, 6) is -0.430. The molecule has 1 aromatic carbocycles. The average Bonchev–Trinajstić information content (AvgIpc) is 2.44. The molecular weight excluding hydrogens is 256 g/mol. The second-order valence-electron chi connectivity index (χ2n) is 5.80. The molecule has 0 aliphatic carbocycles. The van der Waals surface area contributed by atoms with Crippen LogP contribution in [0.15, 0.2) is 12.1 Å². The number of hydrogen-bond donors (Lipinski definition) is 4. The summed E-state index contributed by atoms with van der Waals surface area (Å²) >= 11 is 0. The van der Waals surface area contributed by atoms with E-state index in [1.54, 1.807) is 6.07 Å². The minimum Gasteiger partial charge on any atom is -0.504 e. The third-order valence-corrected chi connectivity index (χ3v) is 3.81. The largest absolute Gasteiger partial charge is 0.504 e. The van der Waals surface area contributed by atoms with Crippen molar-refractivity contribution >= 4 is 0 Å². The molecule has 1 fully saturated rings. The maximum Gasteiger partial charge on any atom is 0.200 e. The van der Waals surface area contributed by atoms with Crippen LogP contribution in [0.2, 0.25) is 0 Å². The van der Waals surface area contributed by atoms with Crippen LogP contribution in [0.5, 0.6) is 17.2 Å². The molecule has 0 amide bonds. The SMILES string of the molecule is CC(C)C[C@@H](c1ccc(O)c(O)c1O)N1CCNCC1. The predicted molar refractivity (Wildman–Crippen MR) is 78.1 cm³/mol. The molecule has 1 aliphatic heterocycles. The Morgan fingerprint density at radius 1 is 1.10 bits per heavy atom. The highest BCUT2D eigenvalue weighted by molar-refractivity contribution is 5.54. The molecule has 0 radical (unpaired) electrons. The summed E-state index contributed by atoms with van der Waals surface area (Å²) in [6.07, 6.45) is 0.901. The van der Waals surface area contributed by atoms with E-state index in [1.807, 2.05) is 0 Å². The summed E-state index contributed by atoms with van der Waals surface area (Å²) < 4.78 is 0. The molecule has 1 aromatic rings. The van der Waals surface area contributed by atoms with Gasteiger partial charge in [0.05, 0.1) is 0 Å². The molecule has 1 saturated heterocycles. The standard InChI is InChI=1S/C15H24N2O3/c1-10(2)9-12(17-7-5-16-6-8-17)11-3-4-13(18)15(20)14(11)19/h3-4,10,12,16,18-20H,5-9H2,1-2H3/t12-/m0/s1. The Morgan fingerprint density at radius 3 is 2.35 bits per heavy atom. The molecule has 4 N–H and O–H groups in total. The fourth-order valence-electron chi connectivity index (χ4n) is 2.77. The van der Waals surface area contributed by atoms with Gasteiger partial charge in [0, 0.05) is 37.8 Å². The van der Waals surface area contributed by atoms with Crippen molar-refractivity contribution in [2.45, 2.75) is 26.3 Å². The zero-order valence-electron chi connectivity index (χ0n) is 12.1. The quantitative estimate of drug-likeness (QED) is 0.633. The van der Waals surface area contributed by atoms with Crippen molar-refractivity contribution in [2.75, 3.05) is 26.2 Å². The van der Waals surface area contributed by atoms with Crippen molar-refractivity contribution in [2.24, 2.45) is 5.92 Å². The first-order valence-electron chi connectivity index (χ1n) is 7.19. The molecule has 5 nitrogen and oxygen atoms in total. The Kier molecular flexibility index (Phi) is 4.73. The van der Waals surface area contributed by atoms with E-state index in [9.17, 15) is 15.3 Å². The molecule has 112 valence electrons. The van der Waals surface area contributed by atoms with Gasteiger partial charge in [0.15, 0.2) is 11.5 Å². The lowest BCUT2D eigenvalue weighted by Gasteiger charge is -2.36. The van der Waals surface area contributed by atoms with Gasteiger partial charge in [-0.3, -0.25) is 4.90 Å². The Morgan fingerprint density at radius 2 is 1.75 bits per heavy atom. The summed E-state index contributed by atoms with van der Waals surface area (Å²) in [7, 11) is 0. The van der Waals surface area contributed by atoms with E-state index in [2.05, 4.69) is 24.1 Å². The van der Waals surface area contributed by atoms with Gasteiger partial charge in [-0.25, -0.2) is 0 Å². The average molecular weight is 280 g/mol. The molecule has 20 heavy (non-hydrogen) atoms. The Balaban J connectivity index is 2.32. The molecule has 2 rings (SSSR count). The zero-order valence-corrected chi connectivity index (χ0v) is 12.1. The first-order chi connectivity index (χ1) is 9.50. The van der Waals surface area contributed by atoms with Crippen LogP contribution < -0.4 is 5.32 Å². The fourth-order valence-corrected chi connectivity index (χ4v) is 2.77. The first kappa shape index (κ1) is 14.9. The molecule has 0 spiro atoms. The van der Waals surface area contributed by atoms with Crippen molar-refractivity contribution in [3.8, 4) is 17.2 Å². The molecule has 0 saturated carbocycles. The number of phenolic OH excluding ortho intramolecular Hbond substituents is 3. The number of piperazine rings is 1. The molecular formula is C15H24N2O3. The second kappa shape index (κ2) is 6.33. The van der Waals surface area contributed by atoms with Crippen LogP contribution in [0.3, 0.4) is 0 Å². The van der Waals surface area contributed by atoms with Crippen LogP contribution in [0.4, 0.5) is 0 Å². The Labute approximate surface area is 119 Å². The van der Waals surface area contributed by atoms with Crippen molar-refractivity contribution in [3.05, 3.63) is 17.7 Å². The number of nitrogens with zero attached hydrogens (tertiary/aromatic N) is 1. The molecule has 1 aliphatic rings. The van der Waals surface area contributed by atoms with Crippen LogP contribution in [0.1, 0.15) is 31.9 Å². The normalized spacial score (nSPS) is 18.4. The molecule has 1 heterocycles. The maximum absolute atomic E-state index is 10.1. The number of nitrogens with one attached hydrogen (secondary N) is 1. The van der Waals surface area contributed by atoms with E-state index >= 15 is 0 Å². The number of aromatic hydroxyl groups is 3. The lowest BCUT2D eigenvalue weighted by molar-refractivity contribution is 0.151. The van der Waals surface area contributed by atoms with E-state index < -0.39 is 5.75 Å². The summed E-state index contributed by atoms with van der Waals surface area (Å²) in [5.41, 5.74) is 0.691. The molecule has 5 heteroatoms. The van der Waals surface area contributed by atoms with Gasteiger partial charge in [0.25, 0.3) is 0 Å². The maximum atomic E-state index is 10.1. The topological polar surface area (TPSA) is 76.0 Å². The van der Waals surface area contributed by atoms with Crippen molar-refractivity contribution in [1.29, 1.82) is 0 Å². The van der Waals surface area contributed by atoms with Crippen molar-refractivity contribution < 1.29 is 15.3 Å². The minimum atomic E-state index is -0.425. The lowest BCUT2D eigenvalue weighted by atomic mass is 9.94. The molecule has 1 atom stereocenters. The summed E-state index contributed by atoms with van der Waals surface area (Å²) in [5, 5.41) is 32.7. The van der Waals surface area contributed by atoms with Gasteiger partial charge < -0.3 is 20.6 Å². The highest BCUT2D eigenvalue weighted by atomic mass is 16.3. The van der Waals surface area contributed by atoms with Gasteiger partial charge in [-0.15, -0.1) is 0 Å². The van der Waals surface area contributed by atoms with E-state index in [0.29, 0.717) is 11.5 Å².